The SMILES string of the molecule is CCC1CCC(C(=O)c2cc(C)ccc2F)CC1. The van der Waals surface area contributed by atoms with E-state index in [0.717, 1.165) is 37.2 Å². The summed E-state index contributed by atoms with van der Waals surface area (Å²) in [5.41, 5.74) is 1.23. The van der Waals surface area contributed by atoms with Crippen LogP contribution in [0.15, 0.2) is 18.2 Å². The summed E-state index contributed by atoms with van der Waals surface area (Å²) < 4.78 is 13.7. The van der Waals surface area contributed by atoms with Gasteiger partial charge in [-0.25, -0.2) is 4.39 Å². The summed E-state index contributed by atoms with van der Waals surface area (Å²) >= 11 is 0. The highest BCUT2D eigenvalue weighted by Gasteiger charge is 2.27. The van der Waals surface area contributed by atoms with Crippen LogP contribution in [0.3, 0.4) is 0 Å². The summed E-state index contributed by atoms with van der Waals surface area (Å²) in [7, 11) is 0. The third-order valence-electron chi connectivity index (χ3n) is 4.18. The zero-order valence-electron chi connectivity index (χ0n) is 11.2. The molecule has 1 fully saturated rings. The van der Waals surface area contributed by atoms with Crippen LogP contribution in [0.2, 0.25) is 0 Å². The Morgan fingerprint density at radius 3 is 2.56 bits per heavy atom. The van der Waals surface area contributed by atoms with E-state index in [2.05, 4.69) is 6.92 Å². The molecule has 2 rings (SSSR count). The van der Waals surface area contributed by atoms with Gasteiger partial charge < -0.3 is 0 Å². The summed E-state index contributed by atoms with van der Waals surface area (Å²) in [5.74, 6) is 0.425. The van der Waals surface area contributed by atoms with E-state index in [9.17, 15) is 9.18 Å². The Kier molecular flexibility index (Phi) is 4.15. The van der Waals surface area contributed by atoms with Crippen LogP contribution in [0.5, 0.6) is 0 Å². The highest BCUT2D eigenvalue weighted by atomic mass is 19.1. The molecule has 1 nitrogen and oxygen atoms in total. The molecule has 1 aromatic rings. The predicted octanol–water partition coefficient (Wildman–Crippen LogP) is 4.53. The Bertz CT molecular complexity index is 431. The number of carbonyl (C=O) groups is 1. The Hall–Kier alpha value is -1.18. The van der Waals surface area contributed by atoms with Gasteiger partial charge in [-0.2, -0.15) is 0 Å². The molecule has 1 aromatic carbocycles. The van der Waals surface area contributed by atoms with Crippen LogP contribution < -0.4 is 0 Å². The lowest BCUT2D eigenvalue weighted by molar-refractivity contribution is 0.0866. The lowest BCUT2D eigenvalue weighted by atomic mass is 9.77. The standard InChI is InChI=1S/C16H21FO/c1-3-12-5-7-13(8-6-12)16(18)14-10-11(2)4-9-15(14)17/h4,9-10,12-13H,3,5-8H2,1-2H3. The van der Waals surface area contributed by atoms with Crippen LogP contribution >= 0.6 is 0 Å². The van der Waals surface area contributed by atoms with Gasteiger partial charge in [-0.15, -0.1) is 0 Å². The third-order valence-corrected chi connectivity index (χ3v) is 4.18. The summed E-state index contributed by atoms with van der Waals surface area (Å²) in [4.78, 5) is 12.3. The van der Waals surface area contributed by atoms with E-state index < -0.39 is 0 Å². The molecule has 0 spiro atoms. The Labute approximate surface area is 108 Å². The minimum absolute atomic E-state index is 0.00533. The number of benzene rings is 1. The highest BCUT2D eigenvalue weighted by molar-refractivity contribution is 5.98. The zero-order chi connectivity index (χ0) is 13.1. The largest absolute Gasteiger partial charge is 0.294 e. The van der Waals surface area contributed by atoms with Crippen LogP contribution in [0.4, 0.5) is 4.39 Å². The molecule has 0 unspecified atom stereocenters. The zero-order valence-corrected chi connectivity index (χ0v) is 11.2. The van der Waals surface area contributed by atoms with Gasteiger partial charge in [0.05, 0.1) is 5.56 Å². The van der Waals surface area contributed by atoms with Crippen molar-refractivity contribution in [3.8, 4) is 0 Å². The number of ketones is 1. The predicted molar refractivity (Wildman–Crippen MR) is 71.2 cm³/mol. The molecule has 0 bridgehead atoms. The molecular weight excluding hydrogens is 227 g/mol. The summed E-state index contributed by atoms with van der Waals surface area (Å²) in [6.07, 6.45) is 5.26. The van der Waals surface area contributed by atoms with Crippen molar-refractivity contribution in [1.29, 1.82) is 0 Å². The van der Waals surface area contributed by atoms with Crippen molar-refractivity contribution in [2.45, 2.75) is 46.0 Å². The quantitative estimate of drug-likeness (QED) is 0.718. The molecule has 0 radical (unpaired) electrons. The third kappa shape index (κ3) is 2.80. The van der Waals surface area contributed by atoms with Gasteiger partial charge in [0.15, 0.2) is 5.78 Å². The second-order valence-corrected chi connectivity index (χ2v) is 5.47. The normalized spacial score (nSPS) is 23.9. The van der Waals surface area contributed by atoms with Crippen LogP contribution in [0.25, 0.3) is 0 Å². The molecule has 1 saturated carbocycles. The Morgan fingerprint density at radius 2 is 1.94 bits per heavy atom. The van der Waals surface area contributed by atoms with Crippen LogP contribution in [0, 0.1) is 24.6 Å². The van der Waals surface area contributed by atoms with E-state index in [0.29, 0.717) is 0 Å². The number of halogens is 1. The average molecular weight is 248 g/mol. The van der Waals surface area contributed by atoms with Crippen LogP contribution in [-0.4, -0.2) is 5.78 Å². The molecule has 1 aliphatic rings. The lowest BCUT2D eigenvalue weighted by Gasteiger charge is -2.26. The molecular formula is C16H21FO. The van der Waals surface area contributed by atoms with Crippen molar-refractivity contribution >= 4 is 5.78 Å². The fraction of sp³-hybridized carbons (Fsp3) is 0.562. The molecule has 1 aliphatic carbocycles. The number of hydrogen-bond donors (Lipinski definition) is 0. The monoisotopic (exact) mass is 248 g/mol. The molecule has 0 aliphatic heterocycles. The molecule has 98 valence electrons. The van der Waals surface area contributed by atoms with Gasteiger partial charge in [0.1, 0.15) is 5.82 Å². The van der Waals surface area contributed by atoms with Gasteiger partial charge in [0, 0.05) is 5.92 Å². The fourth-order valence-corrected chi connectivity index (χ4v) is 2.88. The number of aryl methyl sites for hydroxylation is 1. The van der Waals surface area contributed by atoms with E-state index >= 15 is 0 Å². The van der Waals surface area contributed by atoms with Crippen molar-refractivity contribution in [3.63, 3.8) is 0 Å². The van der Waals surface area contributed by atoms with Crippen molar-refractivity contribution in [3.05, 3.63) is 35.1 Å². The average Bonchev–Trinajstić information content (AvgIpc) is 2.41. The summed E-state index contributed by atoms with van der Waals surface area (Å²) in [5, 5.41) is 0. The van der Waals surface area contributed by atoms with Crippen molar-refractivity contribution in [2.75, 3.05) is 0 Å². The topological polar surface area (TPSA) is 17.1 Å². The number of rotatable bonds is 3. The first kappa shape index (κ1) is 13.3. The van der Waals surface area contributed by atoms with Gasteiger partial charge >= 0.3 is 0 Å². The van der Waals surface area contributed by atoms with Crippen molar-refractivity contribution in [1.82, 2.24) is 0 Å². The van der Waals surface area contributed by atoms with E-state index in [1.165, 1.54) is 12.5 Å². The first-order chi connectivity index (χ1) is 8.61. The Morgan fingerprint density at radius 1 is 1.28 bits per heavy atom. The summed E-state index contributed by atoms with van der Waals surface area (Å²) in [6, 6.07) is 4.80. The molecule has 0 saturated heterocycles. The smallest absolute Gasteiger partial charge is 0.168 e. The first-order valence-electron chi connectivity index (χ1n) is 6.92. The number of Topliss-reactive ketones (excluding diaryl/α,β-unsaturated/α-hetero) is 1. The second kappa shape index (κ2) is 5.64. The number of carbonyl (C=O) groups excluding carboxylic acids is 1. The van der Waals surface area contributed by atoms with Crippen molar-refractivity contribution < 1.29 is 9.18 Å². The molecule has 0 N–H and O–H groups in total. The minimum atomic E-state index is -0.372. The van der Waals surface area contributed by atoms with E-state index in [1.54, 1.807) is 12.1 Å². The molecule has 0 aromatic heterocycles. The van der Waals surface area contributed by atoms with Crippen LogP contribution in [-0.2, 0) is 0 Å². The van der Waals surface area contributed by atoms with Crippen LogP contribution in [0.1, 0.15) is 54.9 Å². The maximum absolute atomic E-state index is 13.7. The summed E-state index contributed by atoms with van der Waals surface area (Å²) in [6.45, 7) is 4.09. The lowest BCUT2D eigenvalue weighted by Crippen LogP contribution is -2.22. The maximum atomic E-state index is 13.7. The maximum Gasteiger partial charge on any atom is 0.168 e. The van der Waals surface area contributed by atoms with Gasteiger partial charge in [-0.3, -0.25) is 4.79 Å². The van der Waals surface area contributed by atoms with Gasteiger partial charge in [0.2, 0.25) is 0 Å². The Balaban J connectivity index is 2.10. The second-order valence-electron chi connectivity index (χ2n) is 5.47. The van der Waals surface area contributed by atoms with Gasteiger partial charge in [-0.1, -0.05) is 25.0 Å². The molecule has 0 amide bonds. The molecule has 0 heterocycles. The van der Waals surface area contributed by atoms with E-state index in [-0.39, 0.29) is 23.1 Å². The fourth-order valence-electron chi connectivity index (χ4n) is 2.88. The van der Waals surface area contributed by atoms with E-state index in [4.69, 9.17) is 0 Å². The minimum Gasteiger partial charge on any atom is -0.294 e. The molecule has 18 heavy (non-hydrogen) atoms. The van der Waals surface area contributed by atoms with E-state index in [1.807, 2.05) is 6.92 Å². The highest BCUT2D eigenvalue weighted by Crippen LogP contribution is 2.33. The molecule has 0 atom stereocenters. The molecule has 2 heteroatoms. The first-order valence-corrected chi connectivity index (χ1v) is 6.92. The van der Waals surface area contributed by atoms with Gasteiger partial charge in [0.25, 0.3) is 0 Å². The van der Waals surface area contributed by atoms with Crippen molar-refractivity contribution in [2.24, 2.45) is 11.8 Å². The number of hydrogen-bond acceptors (Lipinski definition) is 1. The van der Waals surface area contributed by atoms with Gasteiger partial charge in [-0.05, 0) is 50.7 Å².